The Morgan fingerprint density at radius 1 is 0.836 bits per heavy atom. The van der Waals surface area contributed by atoms with Crippen LogP contribution in [0.25, 0.3) is 0 Å². The predicted molar refractivity (Wildman–Crippen MR) is 232 cm³/mol. The molecule has 2 aliphatic heterocycles. The fraction of sp³-hybridized carbons (Fsp3) is 0.196. The summed E-state index contributed by atoms with van der Waals surface area (Å²) in [4.78, 5) is 52.1. The zero-order valence-corrected chi connectivity index (χ0v) is 34.7. The number of β-lactam (4-membered cyclic amide) rings is 1. The lowest BCUT2D eigenvalue weighted by molar-refractivity contribution is -0.164. The van der Waals surface area contributed by atoms with Gasteiger partial charge >= 0.3 is 12.6 Å². The van der Waals surface area contributed by atoms with Crippen LogP contribution in [0.2, 0.25) is 0 Å². The van der Waals surface area contributed by atoms with E-state index in [9.17, 15) is 23.2 Å². The molecular weight excluding hydrogens is 840 g/mol. The average molecular weight is 878 g/mol. The first-order valence-corrected chi connectivity index (χ1v) is 21.7. The molecule has 15 heteroatoms. The number of carbonyl (C=O) groups excluding carboxylic acids is 3. The highest BCUT2D eigenvalue weighted by atomic mass is 35.5. The summed E-state index contributed by atoms with van der Waals surface area (Å²) in [6, 6.07) is 46.9. The van der Waals surface area contributed by atoms with Gasteiger partial charge in [-0.15, -0.1) is 34.7 Å². The minimum absolute atomic E-state index is 0.0446. The van der Waals surface area contributed by atoms with Crippen molar-refractivity contribution in [2.75, 3.05) is 23.5 Å². The SMILES string of the molecule is O=C(NC1C(=O)N2CC(CCl)(C(=O)OC(c3ccccc3)c3ccccc3)CS[C@H]12)C(=NOC(F)F)c1csc(NC(c2ccccc2)(c2ccccc2)c2ccccc2)n1. The number of thiazole rings is 1. The highest BCUT2D eigenvalue weighted by molar-refractivity contribution is 8.00. The summed E-state index contributed by atoms with van der Waals surface area (Å²) >= 11 is 8.91. The number of hydrogen-bond acceptors (Lipinski definition) is 10. The highest BCUT2D eigenvalue weighted by Crippen LogP contribution is 2.45. The quantitative estimate of drug-likeness (QED) is 0.0264. The summed E-state index contributed by atoms with van der Waals surface area (Å²) < 4.78 is 33.0. The van der Waals surface area contributed by atoms with Gasteiger partial charge in [0.2, 0.25) is 5.91 Å². The molecule has 3 atom stereocenters. The molecule has 0 bridgehead atoms. The molecule has 0 radical (unpaired) electrons. The number of esters is 1. The second-order valence-corrected chi connectivity index (χ2v) is 16.7. The van der Waals surface area contributed by atoms with Crippen LogP contribution in [0.4, 0.5) is 13.9 Å². The first-order chi connectivity index (χ1) is 29.7. The maximum absolute atomic E-state index is 14.0. The number of thioether (sulfide) groups is 1. The molecule has 0 spiro atoms. The van der Waals surface area contributed by atoms with E-state index in [1.165, 1.54) is 22.0 Å². The van der Waals surface area contributed by atoms with E-state index in [2.05, 4.69) is 25.6 Å². The van der Waals surface area contributed by atoms with Crippen molar-refractivity contribution in [1.82, 2.24) is 15.2 Å². The number of oxime groups is 1. The number of nitrogens with one attached hydrogen (secondary N) is 2. The third kappa shape index (κ3) is 8.48. The van der Waals surface area contributed by atoms with E-state index in [1.807, 2.05) is 152 Å². The van der Waals surface area contributed by atoms with Gasteiger partial charge in [-0.2, -0.15) is 8.78 Å². The molecule has 1 aromatic heterocycles. The lowest BCUT2D eigenvalue weighted by Crippen LogP contribution is -2.74. The molecular formula is C46H38ClF2N5O5S2. The molecule has 5 aromatic carbocycles. The van der Waals surface area contributed by atoms with E-state index in [-0.39, 0.29) is 23.9 Å². The van der Waals surface area contributed by atoms with Gasteiger partial charge in [-0.25, -0.2) is 4.98 Å². The fourth-order valence-corrected chi connectivity index (χ4v) is 10.3. The molecule has 2 unspecified atom stereocenters. The maximum atomic E-state index is 14.0. The van der Waals surface area contributed by atoms with E-state index in [0.717, 1.165) is 39.2 Å². The molecule has 0 aliphatic carbocycles. The van der Waals surface area contributed by atoms with Crippen LogP contribution < -0.4 is 10.6 Å². The van der Waals surface area contributed by atoms with E-state index >= 15 is 0 Å². The first-order valence-electron chi connectivity index (χ1n) is 19.2. The molecule has 6 aromatic rings. The van der Waals surface area contributed by atoms with Crippen molar-refractivity contribution in [2.24, 2.45) is 10.6 Å². The molecule has 61 heavy (non-hydrogen) atoms. The Morgan fingerprint density at radius 3 is 1.84 bits per heavy atom. The van der Waals surface area contributed by atoms with E-state index in [0.29, 0.717) is 5.13 Å². The van der Waals surface area contributed by atoms with Gasteiger partial charge in [-0.3, -0.25) is 14.4 Å². The number of rotatable bonds is 15. The molecule has 10 nitrogen and oxygen atoms in total. The third-order valence-corrected chi connectivity index (χ3v) is 13.5. The highest BCUT2D eigenvalue weighted by Gasteiger charge is 2.58. The van der Waals surface area contributed by atoms with Crippen LogP contribution in [0.1, 0.15) is 39.6 Å². The molecule has 3 heterocycles. The van der Waals surface area contributed by atoms with Crippen molar-refractivity contribution in [3.63, 3.8) is 0 Å². The van der Waals surface area contributed by atoms with Gasteiger partial charge in [-0.1, -0.05) is 157 Å². The molecule has 2 aliphatic rings. The number of alkyl halides is 3. The van der Waals surface area contributed by atoms with Gasteiger partial charge in [0.1, 0.15) is 28.1 Å². The second-order valence-electron chi connectivity index (χ2n) is 14.5. The van der Waals surface area contributed by atoms with Crippen molar-refractivity contribution in [2.45, 2.75) is 29.7 Å². The Kier molecular flexibility index (Phi) is 12.5. The number of anilines is 1. The van der Waals surface area contributed by atoms with Gasteiger partial charge in [-0.05, 0) is 27.8 Å². The summed E-state index contributed by atoms with van der Waals surface area (Å²) in [5, 5.41) is 11.1. The summed E-state index contributed by atoms with van der Waals surface area (Å²) in [5.41, 5.74) is 1.43. The van der Waals surface area contributed by atoms with Gasteiger partial charge < -0.3 is 25.1 Å². The number of halogens is 3. The molecule has 0 saturated carbocycles. The van der Waals surface area contributed by atoms with Gasteiger partial charge in [0.25, 0.3) is 5.91 Å². The Balaban J connectivity index is 1.01. The molecule has 2 fully saturated rings. The number of ether oxygens (including phenoxy) is 1. The molecule has 310 valence electrons. The number of hydrogen-bond donors (Lipinski definition) is 2. The Hall–Kier alpha value is -6.09. The van der Waals surface area contributed by atoms with Crippen LogP contribution in [0.15, 0.2) is 162 Å². The summed E-state index contributed by atoms with van der Waals surface area (Å²) in [7, 11) is 0. The minimum Gasteiger partial charge on any atom is -0.452 e. The first kappa shape index (κ1) is 41.6. The van der Waals surface area contributed by atoms with Crippen LogP contribution in [0, 0.1) is 5.41 Å². The standard InChI is InChI=1S/C46H38ClF2N5O5S2/c47-27-45(42(57)58-38(30-16-6-1-7-17-30)31-18-8-2-9-19-31)28-54-40(56)37(41(54)61-29-45)51-39(55)36(53-59-43(48)49)35-26-60-44(50-35)52-46(32-20-10-3-11-21-32,33-22-12-4-13-23-33)34-24-14-5-15-25-34/h1-26,37-38,41,43H,27-29H2,(H,50,52)(H,51,55)/t37?,41-,45?/m1/s1. The lowest BCUT2D eigenvalue weighted by atomic mass is 9.77. The Bertz CT molecular complexity index is 2350. The number of carbonyl (C=O) groups is 3. The van der Waals surface area contributed by atoms with Crippen LogP contribution in [0.5, 0.6) is 0 Å². The van der Waals surface area contributed by atoms with Crippen LogP contribution in [-0.4, -0.2) is 69.6 Å². The largest absolute Gasteiger partial charge is 0.452 e. The number of benzene rings is 5. The zero-order valence-electron chi connectivity index (χ0n) is 32.3. The number of fused-ring (bicyclic) bond motifs is 1. The number of amides is 2. The smallest absolute Gasteiger partial charge is 0.407 e. The van der Waals surface area contributed by atoms with Crippen LogP contribution in [-0.2, 0) is 29.5 Å². The van der Waals surface area contributed by atoms with Gasteiger partial charge in [0, 0.05) is 23.6 Å². The summed E-state index contributed by atoms with van der Waals surface area (Å²) in [6.45, 7) is -3.38. The topological polar surface area (TPSA) is 122 Å². The molecule has 2 N–H and O–H groups in total. The summed E-state index contributed by atoms with van der Waals surface area (Å²) in [6.07, 6.45) is -0.710. The number of aromatic nitrogens is 1. The van der Waals surface area contributed by atoms with E-state index < -0.39 is 58.6 Å². The zero-order chi connectivity index (χ0) is 42.4. The Labute approximate surface area is 363 Å². The van der Waals surface area contributed by atoms with Crippen molar-refractivity contribution in [3.05, 3.63) is 191 Å². The lowest BCUT2D eigenvalue weighted by Gasteiger charge is -2.53. The molecule has 2 amide bonds. The van der Waals surface area contributed by atoms with E-state index in [1.54, 1.807) is 0 Å². The minimum atomic E-state index is -3.33. The van der Waals surface area contributed by atoms with Crippen LogP contribution >= 0.6 is 34.7 Å². The fourth-order valence-electron chi connectivity index (χ4n) is 7.59. The molecule has 8 rings (SSSR count). The van der Waals surface area contributed by atoms with Crippen molar-refractivity contribution in [1.29, 1.82) is 0 Å². The van der Waals surface area contributed by atoms with E-state index in [4.69, 9.17) is 16.3 Å². The monoisotopic (exact) mass is 877 g/mol. The average Bonchev–Trinajstić information content (AvgIpc) is 3.78. The van der Waals surface area contributed by atoms with Crippen molar-refractivity contribution < 1.29 is 32.7 Å². The normalized spacial score (nSPS) is 18.9. The van der Waals surface area contributed by atoms with Crippen molar-refractivity contribution >= 4 is 63.3 Å². The van der Waals surface area contributed by atoms with Crippen LogP contribution in [0.3, 0.4) is 0 Å². The third-order valence-electron chi connectivity index (χ3n) is 10.7. The van der Waals surface area contributed by atoms with Gasteiger partial charge in [0.05, 0.1) is 0 Å². The maximum Gasteiger partial charge on any atom is 0.407 e. The van der Waals surface area contributed by atoms with Gasteiger partial charge in [0.15, 0.2) is 16.9 Å². The number of nitrogens with zero attached hydrogens (tertiary/aromatic N) is 3. The predicted octanol–water partition coefficient (Wildman–Crippen LogP) is 8.45. The second kappa shape index (κ2) is 18.3. The van der Waals surface area contributed by atoms with Crippen molar-refractivity contribution in [3.8, 4) is 0 Å². The molecule has 2 saturated heterocycles. The Morgan fingerprint density at radius 2 is 1.34 bits per heavy atom. The summed E-state index contributed by atoms with van der Waals surface area (Å²) in [5.74, 6) is -1.92.